The maximum absolute atomic E-state index is 11.7. The van der Waals surface area contributed by atoms with E-state index in [9.17, 15) is 4.79 Å². The average Bonchev–Trinajstić information content (AvgIpc) is 2.58. The predicted molar refractivity (Wildman–Crippen MR) is 85.6 cm³/mol. The Labute approximate surface area is 129 Å². The van der Waals surface area contributed by atoms with Gasteiger partial charge in [-0.15, -0.1) is 0 Å². The molecule has 0 aliphatic heterocycles. The third-order valence-corrected chi connectivity index (χ3v) is 2.81. The van der Waals surface area contributed by atoms with Crippen molar-refractivity contribution in [2.24, 2.45) is 0 Å². The second-order valence-corrected chi connectivity index (χ2v) is 4.42. The van der Waals surface area contributed by atoms with E-state index in [1.165, 1.54) is 6.08 Å². The molecule has 0 atom stereocenters. The summed E-state index contributed by atoms with van der Waals surface area (Å²) in [6, 6.07) is 7.50. The van der Waals surface area contributed by atoms with Gasteiger partial charge >= 0.3 is 0 Å². The number of benzene rings is 1. The summed E-state index contributed by atoms with van der Waals surface area (Å²) in [6.07, 6.45) is 8.09. The van der Waals surface area contributed by atoms with Gasteiger partial charge in [0.25, 0.3) is 0 Å². The highest BCUT2D eigenvalue weighted by Crippen LogP contribution is 2.13. The molecule has 2 rings (SSSR count). The molecular formula is C16H18N4O2. The molecule has 0 spiro atoms. The van der Waals surface area contributed by atoms with Gasteiger partial charge in [0.15, 0.2) is 0 Å². The highest BCUT2D eigenvalue weighted by molar-refractivity contribution is 5.91. The van der Waals surface area contributed by atoms with Crippen molar-refractivity contribution in [3.8, 4) is 5.75 Å². The summed E-state index contributed by atoms with van der Waals surface area (Å²) in [4.78, 5) is 19.7. The summed E-state index contributed by atoms with van der Waals surface area (Å²) >= 11 is 0. The monoisotopic (exact) mass is 298 g/mol. The molecular weight excluding hydrogens is 280 g/mol. The van der Waals surface area contributed by atoms with Gasteiger partial charge in [0.1, 0.15) is 11.6 Å². The number of carbonyl (C=O) groups is 1. The van der Waals surface area contributed by atoms with Crippen LogP contribution >= 0.6 is 0 Å². The van der Waals surface area contributed by atoms with E-state index in [1.807, 2.05) is 24.3 Å². The van der Waals surface area contributed by atoms with Gasteiger partial charge in [0.2, 0.25) is 5.91 Å². The van der Waals surface area contributed by atoms with Crippen LogP contribution in [-0.2, 0) is 4.79 Å². The number of hydrogen-bond acceptors (Lipinski definition) is 5. The lowest BCUT2D eigenvalue weighted by atomic mass is 10.2. The molecule has 0 radical (unpaired) electrons. The number of amides is 1. The fourth-order valence-electron chi connectivity index (χ4n) is 1.74. The van der Waals surface area contributed by atoms with Crippen LogP contribution in [0.1, 0.15) is 5.56 Å². The van der Waals surface area contributed by atoms with Gasteiger partial charge < -0.3 is 15.4 Å². The number of nitrogens with one attached hydrogen (secondary N) is 2. The molecule has 22 heavy (non-hydrogen) atoms. The van der Waals surface area contributed by atoms with E-state index in [4.69, 9.17) is 4.74 Å². The van der Waals surface area contributed by atoms with Crippen molar-refractivity contribution >= 4 is 17.8 Å². The van der Waals surface area contributed by atoms with Gasteiger partial charge in [-0.25, -0.2) is 4.98 Å². The first-order valence-electron chi connectivity index (χ1n) is 6.88. The summed E-state index contributed by atoms with van der Waals surface area (Å²) in [5.74, 6) is 1.29. The fraction of sp³-hybridized carbons (Fsp3) is 0.188. The van der Waals surface area contributed by atoms with E-state index < -0.39 is 0 Å². The lowest BCUT2D eigenvalue weighted by molar-refractivity contribution is -0.116. The Morgan fingerprint density at radius 2 is 2.23 bits per heavy atom. The summed E-state index contributed by atoms with van der Waals surface area (Å²) in [6.45, 7) is 1.08. The average molecular weight is 298 g/mol. The standard InChI is InChI=1S/C16H18N4O2/c1-22-14-4-2-3-13(11-14)5-6-16(21)20-10-9-19-15-12-17-7-8-18-15/h2-8,11-12H,9-10H2,1H3,(H,18,19)(H,20,21). The molecule has 0 aliphatic rings. The van der Waals surface area contributed by atoms with E-state index >= 15 is 0 Å². The molecule has 1 heterocycles. The molecule has 6 nitrogen and oxygen atoms in total. The number of aromatic nitrogens is 2. The van der Waals surface area contributed by atoms with Crippen molar-refractivity contribution in [1.82, 2.24) is 15.3 Å². The normalized spacial score (nSPS) is 10.4. The first-order valence-corrected chi connectivity index (χ1v) is 6.88. The van der Waals surface area contributed by atoms with E-state index in [0.717, 1.165) is 11.3 Å². The topological polar surface area (TPSA) is 76.1 Å². The molecule has 0 unspecified atom stereocenters. The van der Waals surface area contributed by atoms with Crippen molar-refractivity contribution in [1.29, 1.82) is 0 Å². The maximum Gasteiger partial charge on any atom is 0.244 e. The number of ether oxygens (including phenoxy) is 1. The largest absolute Gasteiger partial charge is 0.497 e. The molecule has 6 heteroatoms. The van der Waals surface area contributed by atoms with Crippen molar-refractivity contribution in [2.75, 3.05) is 25.5 Å². The summed E-state index contributed by atoms with van der Waals surface area (Å²) in [5, 5.41) is 5.84. The Balaban J connectivity index is 1.72. The second kappa shape index (κ2) is 8.41. The number of hydrogen-bond donors (Lipinski definition) is 2. The maximum atomic E-state index is 11.7. The molecule has 1 aromatic carbocycles. The molecule has 2 aromatic rings. The highest BCUT2D eigenvalue weighted by atomic mass is 16.5. The van der Waals surface area contributed by atoms with E-state index in [2.05, 4.69) is 20.6 Å². The zero-order valence-electron chi connectivity index (χ0n) is 12.3. The van der Waals surface area contributed by atoms with Crippen LogP contribution in [-0.4, -0.2) is 36.1 Å². The number of rotatable bonds is 7. The zero-order chi connectivity index (χ0) is 15.6. The van der Waals surface area contributed by atoms with Crippen molar-refractivity contribution in [3.63, 3.8) is 0 Å². The van der Waals surface area contributed by atoms with Crippen LogP contribution in [0.15, 0.2) is 48.9 Å². The minimum Gasteiger partial charge on any atom is -0.497 e. The summed E-state index contributed by atoms with van der Waals surface area (Å²) in [7, 11) is 1.61. The smallest absolute Gasteiger partial charge is 0.244 e. The minimum atomic E-state index is -0.149. The Kier molecular flexibility index (Phi) is 5.92. The number of nitrogens with zero attached hydrogens (tertiary/aromatic N) is 2. The Bertz CT molecular complexity index is 629. The SMILES string of the molecule is COc1cccc(C=CC(=O)NCCNc2cnccn2)c1. The Morgan fingerprint density at radius 3 is 3.00 bits per heavy atom. The van der Waals surface area contributed by atoms with Gasteiger partial charge in [-0.3, -0.25) is 9.78 Å². The van der Waals surface area contributed by atoms with Gasteiger partial charge in [0.05, 0.1) is 13.3 Å². The fourth-order valence-corrected chi connectivity index (χ4v) is 1.74. The summed E-state index contributed by atoms with van der Waals surface area (Å²) < 4.78 is 5.13. The zero-order valence-corrected chi connectivity index (χ0v) is 12.3. The van der Waals surface area contributed by atoms with E-state index in [-0.39, 0.29) is 5.91 Å². The first-order chi connectivity index (χ1) is 10.8. The Hall–Kier alpha value is -2.89. The van der Waals surface area contributed by atoms with Crippen LogP contribution in [0.3, 0.4) is 0 Å². The number of methoxy groups -OCH3 is 1. The summed E-state index contributed by atoms with van der Waals surface area (Å²) in [5.41, 5.74) is 0.909. The third-order valence-electron chi connectivity index (χ3n) is 2.81. The highest BCUT2D eigenvalue weighted by Gasteiger charge is 1.97. The van der Waals surface area contributed by atoms with Gasteiger partial charge in [-0.05, 0) is 23.8 Å². The molecule has 1 amide bonds. The minimum absolute atomic E-state index is 0.149. The molecule has 2 N–H and O–H groups in total. The third kappa shape index (κ3) is 5.24. The van der Waals surface area contributed by atoms with Crippen molar-refractivity contribution < 1.29 is 9.53 Å². The van der Waals surface area contributed by atoms with Crippen LogP contribution < -0.4 is 15.4 Å². The Morgan fingerprint density at radius 1 is 1.32 bits per heavy atom. The number of carbonyl (C=O) groups excluding carboxylic acids is 1. The van der Waals surface area contributed by atoms with Crippen LogP contribution in [0.2, 0.25) is 0 Å². The number of anilines is 1. The van der Waals surface area contributed by atoms with Crippen molar-refractivity contribution in [2.45, 2.75) is 0 Å². The lowest BCUT2D eigenvalue weighted by Gasteiger charge is -2.05. The van der Waals surface area contributed by atoms with Crippen LogP contribution in [0.4, 0.5) is 5.82 Å². The lowest BCUT2D eigenvalue weighted by Crippen LogP contribution is -2.27. The van der Waals surface area contributed by atoms with Crippen LogP contribution in [0.5, 0.6) is 5.75 Å². The van der Waals surface area contributed by atoms with Gasteiger partial charge in [-0.2, -0.15) is 0 Å². The van der Waals surface area contributed by atoms with E-state index in [0.29, 0.717) is 18.9 Å². The first kappa shape index (κ1) is 15.5. The van der Waals surface area contributed by atoms with Gasteiger partial charge in [0, 0.05) is 31.6 Å². The molecule has 0 fully saturated rings. The second-order valence-electron chi connectivity index (χ2n) is 4.42. The van der Waals surface area contributed by atoms with Crippen LogP contribution in [0, 0.1) is 0 Å². The molecule has 114 valence electrons. The molecule has 0 aliphatic carbocycles. The van der Waals surface area contributed by atoms with E-state index in [1.54, 1.807) is 31.8 Å². The van der Waals surface area contributed by atoms with Crippen LogP contribution in [0.25, 0.3) is 6.08 Å². The predicted octanol–water partition coefficient (Wildman–Crippen LogP) is 1.73. The quantitative estimate of drug-likeness (QED) is 0.601. The van der Waals surface area contributed by atoms with Gasteiger partial charge in [-0.1, -0.05) is 12.1 Å². The molecule has 0 saturated carbocycles. The molecule has 1 aromatic heterocycles. The molecule has 0 saturated heterocycles. The molecule has 0 bridgehead atoms. The van der Waals surface area contributed by atoms with Crippen molar-refractivity contribution in [3.05, 3.63) is 54.5 Å².